The van der Waals surface area contributed by atoms with E-state index in [1.54, 1.807) is 12.1 Å². The van der Waals surface area contributed by atoms with Crippen molar-refractivity contribution in [2.45, 2.75) is 46.7 Å². The second-order valence-corrected chi connectivity index (χ2v) is 8.62. The first-order valence-corrected chi connectivity index (χ1v) is 10.9. The number of hydrogen-bond acceptors (Lipinski definition) is 3. The molecular weight excluding hydrogens is 391 g/mol. The third-order valence-corrected chi connectivity index (χ3v) is 5.69. The van der Waals surface area contributed by atoms with Crippen molar-refractivity contribution in [3.63, 3.8) is 0 Å². The molecule has 0 fully saturated rings. The van der Waals surface area contributed by atoms with Gasteiger partial charge in [0.1, 0.15) is 23.2 Å². The Kier molecular flexibility index (Phi) is 6.07. The van der Waals surface area contributed by atoms with E-state index in [1.807, 2.05) is 17.0 Å². The van der Waals surface area contributed by atoms with Gasteiger partial charge in [0.2, 0.25) is 5.91 Å². The number of fused-ring (bicyclic) bond motifs is 1. The van der Waals surface area contributed by atoms with Gasteiger partial charge in [-0.15, -0.1) is 0 Å². The molecule has 1 aromatic heterocycles. The topological polar surface area (TPSA) is 50.2 Å². The summed E-state index contributed by atoms with van der Waals surface area (Å²) in [7, 11) is 0. The summed E-state index contributed by atoms with van der Waals surface area (Å²) in [6, 6.07) is 14.6. The van der Waals surface area contributed by atoms with Crippen molar-refractivity contribution in [3.05, 3.63) is 65.7 Å². The van der Waals surface area contributed by atoms with E-state index in [0.29, 0.717) is 32.0 Å². The number of carbonyl (C=O) groups excluding carboxylic acids is 1. The lowest BCUT2D eigenvalue weighted by Crippen LogP contribution is -2.38. The fraction of sp³-hybridized carbons (Fsp3) is 0.360. The zero-order valence-electron chi connectivity index (χ0n) is 18.4. The van der Waals surface area contributed by atoms with Crippen LogP contribution in [0.15, 0.2) is 48.5 Å². The Morgan fingerprint density at radius 3 is 2.48 bits per heavy atom. The molecule has 31 heavy (non-hydrogen) atoms. The molecule has 5 nitrogen and oxygen atoms in total. The third kappa shape index (κ3) is 4.79. The molecule has 2 heterocycles. The summed E-state index contributed by atoms with van der Waals surface area (Å²) in [5.74, 6) is 2.13. The third-order valence-electron chi connectivity index (χ3n) is 5.69. The van der Waals surface area contributed by atoms with Crippen LogP contribution >= 0.6 is 0 Å². The minimum absolute atomic E-state index is 0.180. The average Bonchev–Trinajstić information content (AvgIpc) is 3.11. The van der Waals surface area contributed by atoms with Gasteiger partial charge in [-0.3, -0.25) is 4.79 Å². The fourth-order valence-corrected chi connectivity index (χ4v) is 3.82. The second-order valence-electron chi connectivity index (χ2n) is 8.62. The van der Waals surface area contributed by atoms with E-state index < -0.39 is 0 Å². The lowest BCUT2D eigenvalue weighted by molar-refractivity contribution is -0.133. The van der Waals surface area contributed by atoms with Crippen LogP contribution in [0, 0.1) is 18.7 Å². The van der Waals surface area contributed by atoms with Crippen LogP contribution in [-0.2, 0) is 17.9 Å². The van der Waals surface area contributed by atoms with Gasteiger partial charge in [0.25, 0.3) is 0 Å². The number of nitrogens with one attached hydrogen (secondary N) is 1. The zero-order chi connectivity index (χ0) is 22.0. The molecule has 0 saturated heterocycles. The number of carbonyl (C=O) groups is 1. The van der Waals surface area contributed by atoms with Crippen LogP contribution in [0.3, 0.4) is 0 Å². The van der Waals surface area contributed by atoms with Crippen molar-refractivity contribution >= 4 is 17.4 Å². The quantitative estimate of drug-likeness (QED) is 0.571. The summed E-state index contributed by atoms with van der Waals surface area (Å²) in [6.45, 7) is 8.14. The summed E-state index contributed by atoms with van der Waals surface area (Å²) >= 11 is 0. The zero-order valence-corrected chi connectivity index (χ0v) is 18.4. The summed E-state index contributed by atoms with van der Waals surface area (Å²) in [5, 5.41) is 3.51. The summed E-state index contributed by atoms with van der Waals surface area (Å²) in [6.07, 6.45) is 1.46. The molecule has 0 atom stereocenters. The molecule has 0 aliphatic carbocycles. The van der Waals surface area contributed by atoms with Crippen molar-refractivity contribution in [2.24, 2.45) is 5.92 Å². The highest BCUT2D eigenvalue weighted by molar-refractivity contribution is 5.78. The Balaban J connectivity index is 1.66. The van der Waals surface area contributed by atoms with Gasteiger partial charge in [0.15, 0.2) is 0 Å². The van der Waals surface area contributed by atoms with E-state index in [-0.39, 0.29) is 11.7 Å². The van der Waals surface area contributed by atoms with Crippen molar-refractivity contribution in [2.75, 3.05) is 11.9 Å². The molecule has 6 heteroatoms. The van der Waals surface area contributed by atoms with Crippen molar-refractivity contribution in [1.82, 2.24) is 14.5 Å². The van der Waals surface area contributed by atoms with E-state index >= 15 is 0 Å². The summed E-state index contributed by atoms with van der Waals surface area (Å²) in [5.41, 5.74) is 3.77. The van der Waals surface area contributed by atoms with E-state index in [9.17, 15) is 9.18 Å². The second kappa shape index (κ2) is 8.92. The molecule has 162 valence electrons. The first-order valence-electron chi connectivity index (χ1n) is 10.9. The Labute approximate surface area is 182 Å². The van der Waals surface area contributed by atoms with Crippen molar-refractivity contribution in [3.8, 4) is 11.3 Å². The molecule has 0 saturated carbocycles. The smallest absolute Gasteiger partial charge is 0.223 e. The maximum absolute atomic E-state index is 13.5. The number of benzene rings is 2. The van der Waals surface area contributed by atoms with Gasteiger partial charge < -0.3 is 14.8 Å². The van der Waals surface area contributed by atoms with Crippen LogP contribution in [0.25, 0.3) is 11.3 Å². The number of anilines is 2. The van der Waals surface area contributed by atoms with E-state index in [1.165, 1.54) is 17.7 Å². The first kappa shape index (κ1) is 21.1. The van der Waals surface area contributed by atoms with Crippen LogP contribution in [0.2, 0.25) is 0 Å². The predicted molar refractivity (Wildman–Crippen MR) is 122 cm³/mol. The standard InChI is InChI=1S/C25H29FN4O/c1-17(2)4-13-23(31)29-14-15-30-22(16-29)28-24(19-7-9-20(26)10-8-19)25(30)27-21-11-5-18(3)6-12-21/h5-12,17,27H,4,13-16H2,1-3H3. The molecule has 2 aromatic carbocycles. The largest absolute Gasteiger partial charge is 0.340 e. The number of amides is 1. The minimum atomic E-state index is -0.275. The number of aromatic nitrogens is 2. The minimum Gasteiger partial charge on any atom is -0.340 e. The van der Waals surface area contributed by atoms with Gasteiger partial charge in [0, 0.05) is 30.8 Å². The molecule has 3 aromatic rings. The Morgan fingerprint density at radius 2 is 1.81 bits per heavy atom. The van der Waals surface area contributed by atoms with Gasteiger partial charge in [-0.25, -0.2) is 9.37 Å². The number of imidazole rings is 1. The van der Waals surface area contributed by atoms with Gasteiger partial charge in [0.05, 0.1) is 6.54 Å². The Bertz CT molecular complexity index is 1050. The maximum atomic E-state index is 13.5. The monoisotopic (exact) mass is 420 g/mol. The van der Waals surface area contributed by atoms with Crippen LogP contribution < -0.4 is 5.32 Å². The van der Waals surface area contributed by atoms with E-state index in [0.717, 1.165) is 35.0 Å². The molecule has 1 aliphatic rings. The molecular formula is C25H29FN4O. The normalized spacial score (nSPS) is 13.4. The molecule has 1 N–H and O–H groups in total. The number of halogens is 1. The highest BCUT2D eigenvalue weighted by Gasteiger charge is 2.27. The molecule has 0 radical (unpaired) electrons. The molecule has 1 aliphatic heterocycles. The lowest BCUT2D eigenvalue weighted by Gasteiger charge is -2.29. The molecule has 4 rings (SSSR count). The van der Waals surface area contributed by atoms with Gasteiger partial charge in [-0.2, -0.15) is 0 Å². The number of hydrogen-bond donors (Lipinski definition) is 1. The lowest BCUT2D eigenvalue weighted by atomic mass is 10.1. The highest BCUT2D eigenvalue weighted by atomic mass is 19.1. The SMILES string of the molecule is Cc1ccc(Nc2c(-c3ccc(F)cc3)nc3n2CCN(C(=O)CCC(C)C)C3)cc1. The van der Waals surface area contributed by atoms with Gasteiger partial charge >= 0.3 is 0 Å². The number of aryl methyl sites for hydroxylation is 1. The van der Waals surface area contributed by atoms with Gasteiger partial charge in [-0.1, -0.05) is 31.5 Å². The molecule has 0 bridgehead atoms. The number of rotatable bonds is 6. The average molecular weight is 421 g/mol. The molecule has 1 amide bonds. The van der Waals surface area contributed by atoms with Crippen LogP contribution in [-0.4, -0.2) is 26.9 Å². The van der Waals surface area contributed by atoms with E-state index in [2.05, 4.69) is 42.8 Å². The fourth-order valence-electron chi connectivity index (χ4n) is 3.82. The first-order chi connectivity index (χ1) is 14.9. The molecule has 0 unspecified atom stereocenters. The van der Waals surface area contributed by atoms with Crippen LogP contribution in [0.1, 0.15) is 38.1 Å². The van der Waals surface area contributed by atoms with Gasteiger partial charge in [-0.05, 0) is 55.7 Å². The van der Waals surface area contributed by atoms with E-state index in [4.69, 9.17) is 4.98 Å². The van der Waals surface area contributed by atoms with Crippen LogP contribution in [0.4, 0.5) is 15.9 Å². The number of nitrogens with zero attached hydrogens (tertiary/aromatic N) is 3. The van der Waals surface area contributed by atoms with Crippen LogP contribution in [0.5, 0.6) is 0 Å². The summed E-state index contributed by atoms with van der Waals surface area (Å²) in [4.78, 5) is 19.4. The molecule has 0 spiro atoms. The predicted octanol–water partition coefficient (Wildman–Crippen LogP) is 5.52. The Hall–Kier alpha value is -3.15. The Morgan fingerprint density at radius 1 is 1.10 bits per heavy atom. The van der Waals surface area contributed by atoms with Crippen molar-refractivity contribution < 1.29 is 9.18 Å². The maximum Gasteiger partial charge on any atom is 0.223 e. The summed E-state index contributed by atoms with van der Waals surface area (Å²) < 4.78 is 15.6. The van der Waals surface area contributed by atoms with Crippen molar-refractivity contribution in [1.29, 1.82) is 0 Å². The highest BCUT2D eigenvalue weighted by Crippen LogP contribution is 2.33.